The summed E-state index contributed by atoms with van der Waals surface area (Å²) in [6.45, 7) is -1.16. The first kappa shape index (κ1) is 29.4. The second-order valence-electron chi connectivity index (χ2n) is 8.53. The first-order chi connectivity index (χ1) is 19.7. The molecule has 0 saturated carbocycles. The number of benzene rings is 2. The van der Waals surface area contributed by atoms with Gasteiger partial charge in [-0.3, -0.25) is 9.09 Å². The van der Waals surface area contributed by atoms with Gasteiger partial charge in [0.05, 0.1) is 0 Å². The topological polar surface area (TPSA) is 240 Å². The molecule has 1 fully saturated rings. The molecule has 1 unspecified atom stereocenters. The van der Waals surface area contributed by atoms with Crippen LogP contribution >= 0.6 is 8.17 Å². The van der Waals surface area contributed by atoms with Crippen LogP contribution in [0.3, 0.4) is 0 Å². The van der Waals surface area contributed by atoms with Crippen LogP contribution in [0.5, 0.6) is 11.5 Å². The van der Waals surface area contributed by atoms with Crippen molar-refractivity contribution in [3.63, 3.8) is 0 Å². The molecule has 2 aromatic carbocycles. The van der Waals surface area contributed by atoms with Crippen LogP contribution in [0.4, 0.5) is 5.82 Å². The molecule has 4 rings (SSSR count). The fourth-order valence-corrected chi connectivity index (χ4v) is 4.36. The molecule has 1 saturated heterocycles. The van der Waals surface area contributed by atoms with Crippen LogP contribution in [0.2, 0.25) is 0 Å². The van der Waals surface area contributed by atoms with Crippen molar-refractivity contribution in [2.45, 2.75) is 30.8 Å². The molecule has 41 heavy (non-hydrogen) atoms. The van der Waals surface area contributed by atoms with Crippen LogP contribution in [-0.2, 0) is 20.9 Å². The predicted molar refractivity (Wildman–Crippen MR) is 140 cm³/mol. The highest BCUT2D eigenvalue weighted by Crippen LogP contribution is 2.40. The highest BCUT2D eigenvalue weighted by molar-refractivity contribution is 7.34. The van der Waals surface area contributed by atoms with Gasteiger partial charge < -0.3 is 35.1 Å². The van der Waals surface area contributed by atoms with Gasteiger partial charge in [-0.2, -0.15) is 4.98 Å². The van der Waals surface area contributed by atoms with Crippen molar-refractivity contribution < 1.29 is 38.6 Å². The Balaban J connectivity index is 1.43. The van der Waals surface area contributed by atoms with Crippen molar-refractivity contribution in [2.75, 3.05) is 18.9 Å². The van der Waals surface area contributed by atoms with Crippen molar-refractivity contribution in [3.8, 4) is 11.5 Å². The highest BCUT2D eigenvalue weighted by Gasteiger charge is 2.56. The number of azide groups is 1. The zero-order chi connectivity index (χ0) is 29.4. The van der Waals surface area contributed by atoms with Crippen LogP contribution < -0.4 is 25.6 Å². The standard InChI is InChI=1S/C24H24N7O9P/c25-18-10-11-31(23(35)28-18)22-20(33)21(34)24(39-22,29-30-26)14-38-16-8-4-5-9-17(16)40-41(36)27-12-19(32)37-13-15-6-2-1-3-7-15/h1-11,20-22,33-34H,12-14H2,(H2,25,28,35)/t20-,21+,22-,24-/m1/s1. The van der Waals surface area contributed by atoms with Crippen LogP contribution in [0.25, 0.3) is 10.4 Å². The van der Waals surface area contributed by atoms with E-state index in [2.05, 4.69) is 19.8 Å². The maximum atomic E-state index is 12.4. The maximum Gasteiger partial charge on any atom is 0.395 e. The largest absolute Gasteiger partial charge is 0.575 e. The fraction of sp³-hybridized carbons (Fsp3) is 0.292. The number of hydrogen-bond acceptors (Lipinski definition) is 13. The minimum Gasteiger partial charge on any atom is -0.575 e. The van der Waals surface area contributed by atoms with Crippen molar-refractivity contribution in [1.29, 1.82) is 0 Å². The Bertz CT molecular complexity index is 1520. The van der Waals surface area contributed by atoms with E-state index in [9.17, 15) is 24.7 Å². The van der Waals surface area contributed by atoms with Gasteiger partial charge in [0.15, 0.2) is 18.5 Å². The molecule has 2 heterocycles. The zero-order valence-corrected chi connectivity index (χ0v) is 22.1. The number of anilines is 1. The third-order valence-corrected chi connectivity index (χ3v) is 6.49. The second kappa shape index (κ2) is 13.2. The van der Waals surface area contributed by atoms with Gasteiger partial charge in [0, 0.05) is 11.1 Å². The van der Waals surface area contributed by atoms with Gasteiger partial charge in [-0.15, -0.1) is 0 Å². The number of nitrogen functional groups attached to an aromatic ring is 1. The summed E-state index contributed by atoms with van der Waals surface area (Å²) >= 11 is 0. The number of ether oxygens (including phenoxy) is 3. The maximum absolute atomic E-state index is 12.4. The van der Waals surface area contributed by atoms with E-state index in [1.165, 1.54) is 24.4 Å². The lowest BCUT2D eigenvalue weighted by atomic mass is 10.1. The summed E-state index contributed by atoms with van der Waals surface area (Å²) in [4.78, 5) is 42.9. The van der Waals surface area contributed by atoms with Crippen molar-refractivity contribution in [1.82, 2.24) is 9.55 Å². The van der Waals surface area contributed by atoms with E-state index in [1.807, 2.05) is 6.07 Å². The van der Waals surface area contributed by atoms with E-state index in [-0.39, 0.29) is 23.9 Å². The normalized spacial score (nSPS) is 22.0. The number of rotatable bonds is 11. The lowest BCUT2D eigenvalue weighted by molar-refractivity contribution is -0.169. The van der Waals surface area contributed by atoms with Crippen LogP contribution in [-0.4, -0.2) is 56.8 Å². The Hall–Kier alpha value is -4.56. The van der Waals surface area contributed by atoms with Crippen LogP contribution in [0.1, 0.15) is 11.8 Å². The Morgan fingerprint density at radius 2 is 1.90 bits per heavy atom. The van der Waals surface area contributed by atoms with Crippen LogP contribution in [0.15, 0.2) is 81.5 Å². The second-order valence-corrected chi connectivity index (χ2v) is 9.47. The van der Waals surface area contributed by atoms with Gasteiger partial charge in [0.2, 0.25) is 11.5 Å². The number of aliphatic hydroxyl groups excluding tert-OH is 2. The molecule has 1 aliphatic heterocycles. The molecule has 17 heteroatoms. The van der Waals surface area contributed by atoms with Gasteiger partial charge in [0.1, 0.15) is 31.2 Å². The van der Waals surface area contributed by atoms with Gasteiger partial charge in [-0.05, 0) is 29.3 Å². The molecular weight excluding hydrogens is 561 g/mol. The number of para-hydroxylation sites is 2. The molecule has 0 bridgehead atoms. The molecular formula is C24H24N7O9P. The van der Waals surface area contributed by atoms with Crippen molar-refractivity contribution in [3.05, 3.63) is 93.4 Å². The number of aliphatic hydroxyl groups is 2. The number of hydrogen-bond donors (Lipinski definition) is 3. The first-order valence-corrected chi connectivity index (χ1v) is 13.0. The third-order valence-electron chi connectivity index (χ3n) is 5.76. The van der Waals surface area contributed by atoms with E-state index in [0.29, 0.717) is 0 Å². The monoisotopic (exact) mass is 585 g/mol. The Morgan fingerprint density at radius 1 is 1.20 bits per heavy atom. The Labute approximate surface area is 232 Å². The van der Waals surface area contributed by atoms with Gasteiger partial charge in [-0.25, -0.2) is 9.59 Å². The highest BCUT2D eigenvalue weighted by atomic mass is 31.1. The summed E-state index contributed by atoms with van der Waals surface area (Å²) in [6, 6.07) is 16.2. The molecule has 0 aliphatic carbocycles. The molecule has 4 N–H and O–H groups in total. The summed E-state index contributed by atoms with van der Waals surface area (Å²) in [5.74, 6) is -0.868. The predicted octanol–water partition coefficient (Wildman–Crippen LogP) is 1.14. The summed E-state index contributed by atoms with van der Waals surface area (Å²) in [7, 11) is -2.73. The number of nitrogens with zero attached hydrogens (tertiary/aromatic N) is 6. The molecule has 3 aromatic rings. The number of carbonyl (C=O) groups excluding carboxylic acids is 1. The lowest BCUT2D eigenvalue weighted by Crippen LogP contribution is -2.46. The molecule has 1 aromatic heterocycles. The summed E-state index contributed by atoms with van der Waals surface area (Å²) < 4.78 is 26.3. The van der Waals surface area contributed by atoms with Gasteiger partial charge in [-0.1, -0.05) is 52.3 Å². The molecule has 0 spiro atoms. The number of nitrogens with two attached hydrogens (primary N) is 1. The quantitative estimate of drug-likeness (QED) is 0.0947. The third kappa shape index (κ3) is 7.15. The first-order valence-electron chi connectivity index (χ1n) is 11.9. The minimum atomic E-state index is -2.73. The molecule has 0 amide bonds. The molecule has 214 valence electrons. The minimum absolute atomic E-state index is 0.0229. The zero-order valence-electron chi connectivity index (χ0n) is 21.2. The van der Waals surface area contributed by atoms with E-state index in [1.54, 1.807) is 36.4 Å². The number of carbonyl (C=O) groups is 1. The molecule has 0 radical (unpaired) electrons. The van der Waals surface area contributed by atoms with E-state index in [4.69, 9.17) is 30.0 Å². The van der Waals surface area contributed by atoms with E-state index >= 15 is 0 Å². The molecule has 16 nitrogen and oxygen atoms in total. The molecule has 1 aliphatic rings. The van der Waals surface area contributed by atoms with Gasteiger partial charge in [0.25, 0.3) is 0 Å². The molecule has 5 atom stereocenters. The van der Waals surface area contributed by atoms with E-state index < -0.39 is 57.1 Å². The van der Waals surface area contributed by atoms with Crippen LogP contribution in [0, 0.1) is 0 Å². The smallest absolute Gasteiger partial charge is 0.395 e. The number of esters is 1. The van der Waals surface area contributed by atoms with Gasteiger partial charge >= 0.3 is 19.8 Å². The summed E-state index contributed by atoms with van der Waals surface area (Å²) in [6.07, 6.45) is -3.87. The fourth-order valence-electron chi connectivity index (χ4n) is 3.76. The average molecular weight is 585 g/mol. The number of aromatic nitrogens is 2. The Kier molecular flexibility index (Phi) is 9.47. The lowest BCUT2D eigenvalue weighted by Gasteiger charge is -2.26. The summed E-state index contributed by atoms with van der Waals surface area (Å²) in [5, 5.41) is 24.8. The Morgan fingerprint density at radius 3 is 2.61 bits per heavy atom. The van der Waals surface area contributed by atoms with Crippen molar-refractivity contribution in [2.24, 2.45) is 9.86 Å². The van der Waals surface area contributed by atoms with Crippen molar-refractivity contribution >= 4 is 20.0 Å². The average Bonchev–Trinajstić information content (AvgIpc) is 3.20. The SMILES string of the molecule is [N-]=[N+]=N[C@]1(COc2ccccc2O[P+]([O-])=NCC(=O)OCc2ccccc2)O[C@@H](n2ccc(N)nc2=O)[C@H](O)[C@@H]1O. The summed E-state index contributed by atoms with van der Waals surface area (Å²) in [5.41, 5.74) is 12.3. The van der Waals surface area contributed by atoms with E-state index in [0.717, 1.165) is 10.1 Å².